The van der Waals surface area contributed by atoms with Gasteiger partial charge in [0.25, 0.3) is 0 Å². The molecule has 12 heavy (non-hydrogen) atoms. The second-order valence-electron chi connectivity index (χ2n) is 3.24. The first-order chi connectivity index (χ1) is 5.73. The summed E-state index contributed by atoms with van der Waals surface area (Å²) >= 11 is 0. The van der Waals surface area contributed by atoms with Crippen LogP contribution in [0, 0.1) is 0 Å². The van der Waals surface area contributed by atoms with Crippen LogP contribution in [0.1, 0.15) is 0 Å². The van der Waals surface area contributed by atoms with Crippen LogP contribution in [0.4, 0.5) is 0 Å². The third-order valence-electron chi connectivity index (χ3n) is 2.17. The van der Waals surface area contributed by atoms with Gasteiger partial charge in [-0.2, -0.15) is 0 Å². The summed E-state index contributed by atoms with van der Waals surface area (Å²) in [6.45, 7) is 1.97. The van der Waals surface area contributed by atoms with Gasteiger partial charge in [-0.3, -0.25) is 0 Å². The average Bonchev–Trinajstić information content (AvgIpc) is 2.18. The molecule has 0 aliphatic carbocycles. The molecule has 0 heterocycles. The van der Waals surface area contributed by atoms with Crippen LogP contribution in [0.5, 0.6) is 0 Å². The molecule has 0 radical (unpaired) electrons. The van der Waals surface area contributed by atoms with E-state index in [4.69, 9.17) is 10.2 Å². The van der Waals surface area contributed by atoms with Crippen molar-refractivity contribution < 1.29 is 10.2 Å². The minimum atomic E-state index is -1.96. The topological polar surface area (TPSA) is 40.5 Å². The van der Waals surface area contributed by atoms with Crippen LogP contribution in [0.3, 0.4) is 0 Å². The van der Waals surface area contributed by atoms with Gasteiger partial charge in [-0.1, -0.05) is 0 Å². The third-order valence-corrected chi connectivity index (χ3v) is 5.29. The molecule has 0 saturated carbocycles. The first-order valence-corrected chi connectivity index (χ1v) is 6.91. The number of benzene rings is 1. The molecular formula is C9H15O2P. The Morgan fingerprint density at radius 3 is 2.00 bits per heavy atom. The Balaban J connectivity index is 2.95. The van der Waals surface area contributed by atoms with E-state index in [1.54, 1.807) is 0 Å². The second kappa shape index (κ2) is 3.99. The maximum absolute atomic E-state index is 9.14. The SMILES string of the molecule is C[PH](CO)(CO)c1ccccc1. The molecule has 1 aromatic rings. The van der Waals surface area contributed by atoms with E-state index in [0.717, 1.165) is 5.30 Å². The van der Waals surface area contributed by atoms with Crippen LogP contribution >= 0.6 is 7.26 Å². The van der Waals surface area contributed by atoms with Crippen molar-refractivity contribution in [3.63, 3.8) is 0 Å². The molecule has 1 rings (SSSR count). The van der Waals surface area contributed by atoms with Crippen molar-refractivity contribution in [2.75, 3.05) is 19.4 Å². The minimum absolute atomic E-state index is 0.105. The van der Waals surface area contributed by atoms with Crippen molar-refractivity contribution in [3.05, 3.63) is 30.3 Å². The van der Waals surface area contributed by atoms with Gasteiger partial charge in [-0.05, 0) is 0 Å². The van der Waals surface area contributed by atoms with E-state index >= 15 is 0 Å². The van der Waals surface area contributed by atoms with E-state index in [1.165, 1.54) is 0 Å². The molecule has 1 aromatic carbocycles. The van der Waals surface area contributed by atoms with Gasteiger partial charge < -0.3 is 0 Å². The molecule has 0 aliphatic rings. The van der Waals surface area contributed by atoms with E-state index in [-0.39, 0.29) is 12.7 Å². The fourth-order valence-electron chi connectivity index (χ4n) is 1.07. The van der Waals surface area contributed by atoms with E-state index < -0.39 is 7.26 Å². The fraction of sp³-hybridized carbons (Fsp3) is 0.333. The Labute approximate surface area is 73.2 Å². The average molecular weight is 186 g/mol. The van der Waals surface area contributed by atoms with Crippen molar-refractivity contribution in [1.82, 2.24) is 0 Å². The fourth-order valence-corrected chi connectivity index (χ4v) is 2.54. The van der Waals surface area contributed by atoms with Gasteiger partial charge >= 0.3 is 72.5 Å². The zero-order chi connectivity index (χ0) is 9.03. The molecule has 2 N–H and O–H groups in total. The van der Waals surface area contributed by atoms with Gasteiger partial charge in [0.05, 0.1) is 0 Å². The second-order valence-corrected chi connectivity index (χ2v) is 7.57. The summed E-state index contributed by atoms with van der Waals surface area (Å²) in [6.07, 6.45) is 0.209. The molecule has 0 amide bonds. The summed E-state index contributed by atoms with van der Waals surface area (Å²) in [6, 6.07) is 9.75. The van der Waals surface area contributed by atoms with E-state index in [1.807, 2.05) is 37.0 Å². The van der Waals surface area contributed by atoms with E-state index in [2.05, 4.69) is 0 Å². The predicted octanol–water partition coefficient (Wildman–Crippen LogP) is 0.591. The molecule has 0 unspecified atom stereocenters. The van der Waals surface area contributed by atoms with Crippen LogP contribution in [0.15, 0.2) is 30.3 Å². The van der Waals surface area contributed by atoms with Crippen molar-refractivity contribution >= 4 is 12.6 Å². The van der Waals surface area contributed by atoms with Gasteiger partial charge in [0.15, 0.2) is 0 Å². The molecule has 0 aliphatic heterocycles. The Bertz CT molecular complexity index is 232. The van der Waals surface area contributed by atoms with Crippen molar-refractivity contribution in [1.29, 1.82) is 0 Å². The molecule has 0 fully saturated rings. The van der Waals surface area contributed by atoms with Crippen LogP contribution in [-0.4, -0.2) is 29.6 Å². The van der Waals surface area contributed by atoms with Gasteiger partial charge in [0, 0.05) is 0 Å². The zero-order valence-corrected chi connectivity index (χ0v) is 8.20. The molecule has 2 nitrogen and oxygen atoms in total. The van der Waals surface area contributed by atoms with Crippen molar-refractivity contribution in [3.8, 4) is 0 Å². The van der Waals surface area contributed by atoms with Crippen molar-refractivity contribution in [2.45, 2.75) is 0 Å². The Morgan fingerprint density at radius 2 is 1.58 bits per heavy atom. The van der Waals surface area contributed by atoms with E-state index in [9.17, 15) is 0 Å². The Hall–Kier alpha value is -0.430. The molecule has 0 bridgehead atoms. The Morgan fingerprint density at radius 1 is 1.08 bits per heavy atom. The molecular weight excluding hydrogens is 171 g/mol. The molecule has 0 saturated heterocycles. The number of hydrogen-bond donors (Lipinski definition) is 2. The van der Waals surface area contributed by atoms with Crippen LogP contribution in [-0.2, 0) is 0 Å². The number of aliphatic hydroxyl groups is 2. The van der Waals surface area contributed by atoms with Gasteiger partial charge in [-0.25, -0.2) is 0 Å². The van der Waals surface area contributed by atoms with E-state index in [0.29, 0.717) is 0 Å². The number of rotatable bonds is 3. The van der Waals surface area contributed by atoms with Crippen LogP contribution < -0.4 is 5.30 Å². The third kappa shape index (κ3) is 1.84. The summed E-state index contributed by atoms with van der Waals surface area (Å²) in [5, 5.41) is 19.4. The van der Waals surface area contributed by atoms with Gasteiger partial charge in [0.2, 0.25) is 0 Å². The molecule has 0 atom stereocenters. The van der Waals surface area contributed by atoms with Crippen molar-refractivity contribution in [2.24, 2.45) is 0 Å². The first-order valence-electron chi connectivity index (χ1n) is 4.00. The molecule has 0 spiro atoms. The molecule has 0 aromatic heterocycles. The molecule has 68 valence electrons. The summed E-state index contributed by atoms with van der Waals surface area (Å²) in [5.74, 6) is 0. The summed E-state index contributed by atoms with van der Waals surface area (Å²) in [7, 11) is -1.96. The van der Waals surface area contributed by atoms with Crippen LogP contribution in [0.25, 0.3) is 0 Å². The van der Waals surface area contributed by atoms with Crippen LogP contribution in [0.2, 0.25) is 0 Å². The van der Waals surface area contributed by atoms with Gasteiger partial charge in [0.1, 0.15) is 0 Å². The first kappa shape index (κ1) is 9.66. The number of aliphatic hydroxyl groups excluding tert-OH is 2. The zero-order valence-electron chi connectivity index (χ0n) is 7.20. The predicted molar refractivity (Wildman–Crippen MR) is 54.5 cm³/mol. The number of hydrogen-bond acceptors (Lipinski definition) is 2. The molecule has 3 heteroatoms. The van der Waals surface area contributed by atoms with Gasteiger partial charge in [-0.15, -0.1) is 0 Å². The summed E-state index contributed by atoms with van der Waals surface area (Å²) in [4.78, 5) is 0. The normalized spacial score (nSPS) is 12.9. The maximum atomic E-state index is 9.14. The summed E-state index contributed by atoms with van der Waals surface area (Å²) < 4.78 is 0. The summed E-state index contributed by atoms with van der Waals surface area (Å²) in [5.41, 5.74) is 0. The standard InChI is InChI=1S/C9H15O2P/c1-12(7-10,8-11)9-5-3-2-4-6-9/h2-6,10-12H,7-8H2,1H3. The quantitative estimate of drug-likeness (QED) is 0.678. The monoisotopic (exact) mass is 186 g/mol. The Kier molecular flexibility index (Phi) is 3.21.